The minimum Gasteiger partial charge on any atom is -0.507 e. The maximum absolute atomic E-state index is 14.1. The molecule has 4 aliphatic rings. The predicted octanol–water partition coefficient (Wildman–Crippen LogP) is 0.290. The van der Waals surface area contributed by atoms with Gasteiger partial charge in [0, 0.05) is 44.2 Å². The zero-order valence-electron chi connectivity index (χ0n) is 26.5. The first-order valence-electron chi connectivity index (χ1n) is 15.6. The number of ether oxygens (including phenoxy) is 1. The maximum Gasteiger partial charge on any atom is 0.235 e. The molecule has 12 nitrogen and oxygen atoms in total. The summed E-state index contributed by atoms with van der Waals surface area (Å²) in [5.41, 5.74) is 5.68. The molecule has 1 saturated heterocycles. The number of nitrogens with two attached hydrogens (primary N) is 1. The van der Waals surface area contributed by atoms with Gasteiger partial charge in [-0.3, -0.25) is 33.8 Å². The molecule has 1 aliphatic heterocycles. The number of hydrogen-bond donors (Lipinski definition) is 3. The van der Waals surface area contributed by atoms with Crippen molar-refractivity contribution in [3.8, 4) is 22.6 Å². The first-order valence-corrected chi connectivity index (χ1v) is 15.6. The van der Waals surface area contributed by atoms with Gasteiger partial charge in [0.2, 0.25) is 5.91 Å². The first kappa shape index (κ1) is 32.0. The van der Waals surface area contributed by atoms with Crippen LogP contribution in [0, 0.1) is 23.7 Å². The van der Waals surface area contributed by atoms with Crippen molar-refractivity contribution in [2.75, 3.05) is 54.4 Å². The zero-order chi connectivity index (χ0) is 33.2. The molecule has 6 unspecified atom stereocenters. The highest BCUT2D eigenvalue weighted by Crippen LogP contribution is 2.52. The van der Waals surface area contributed by atoms with Crippen LogP contribution in [0.2, 0.25) is 0 Å². The van der Waals surface area contributed by atoms with E-state index in [1.165, 1.54) is 11.0 Å². The number of phenolic OH excluding ortho intramolecular Hbond substituents is 1. The van der Waals surface area contributed by atoms with E-state index in [-0.39, 0.29) is 24.2 Å². The lowest BCUT2D eigenvalue weighted by atomic mass is 9.52. The smallest absolute Gasteiger partial charge is 0.235 e. The fourth-order valence-electron chi connectivity index (χ4n) is 8.19. The second-order valence-electron chi connectivity index (χ2n) is 13.4. The summed E-state index contributed by atoms with van der Waals surface area (Å²) in [6, 6.07) is 7.81. The van der Waals surface area contributed by atoms with Gasteiger partial charge in [0.15, 0.2) is 34.7 Å². The second-order valence-corrected chi connectivity index (χ2v) is 13.4. The van der Waals surface area contributed by atoms with Gasteiger partial charge in [-0.2, -0.15) is 0 Å². The highest BCUT2D eigenvalue weighted by atomic mass is 16.5. The Hall–Kier alpha value is -3.97. The Morgan fingerprint density at radius 1 is 1.07 bits per heavy atom. The molecule has 2 aromatic carbocycles. The quantitative estimate of drug-likeness (QED) is 0.374. The average molecular weight is 633 g/mol. The maximum atomic E-state index is 14.1. The number of carbonyl (C=O) groups excluding carboxylic acids is 5. The van der Waals surface area contributed by atoms with E-state index in [1.807, 2.05) is 18.2 Å². The van der Waals surface area contributed by atoms with E-state index in [4.69, 9.17) is 10.5 Å². The summed E-state index contributed by atoms with van der Waals surface area (Å²) in [7, 11) is 6.85. The number of rotatable bonds is 6. The van der Waals surface area contributed by atoms with E-state index in [2.05, 4.69) is 16.8 Å². The Morgan fingerprint density at radius 3 is 2.39 bits per heavy atom. The molecule has 0 bridgehead atoms. The molecule has 6 rings (SSSR count). The lowest BCUT2D eigenvalue weighted by molar-refractivity contribution is -0.181. The summed E-state index contributed by atoms with van der Waals surface area (Å²) in [6.07, 6.45) is 0.186. The van der Waals surface area contributed by atoms with Crippen molar-refractivity contribution < 1.29 is 38.9 Å². The second kappa shape index (κ2) is 11.7. The molecular formula is C34H40N4O8. The number of amides is 1. The summed E-state index contributed by atoms with van der Waals surface area (Å²) in [5.74, 6) is -9.90. The van der Waals surface area contributed by atoms with Crippen LogP contribution in [0.25, 0.3) is 11.1 Å². The summed E-state index contributed by atoms with van der Waals surface area (Å²) < 4.78 is 5.68. The van der Waals surface area contributed by atoms with Crippen molar-refractivity contribution >= 4 is 29.0 Å². The summed E-state index contributed by atoms with van der Waals surface area (Å²) in [6.45, 7) is 4.42. The third-order valence-electron chi connectivity index (χ3n) is 10.5. The SMILES string of the molecule is COc1ccc(-c2ccc(O)c3c2CC2CC4C(N(C)C)C(=O)C(C(N)=O)C(=O)C4(O)C(=O)C2C3=O)cc1CN1CCN(C)CC1. The van der Waals surface area contributed by atoms with Gasteiger partial charge >= 0.3 is 0 Å². The van der Waals surface area contributed by atoms with Gasteiger partial charge in [-0.1, -0.05) is 12.1 Å². The number of fused-ring (bicyclic) bond motifs is 3. The van der Waals surface area contributed by atoms with Gasteiger partial charge in [-0.15, -0.1) is 0 Å². The monoisotopic (exact) mass is 632 g/mol. The van der Waals surface area contributed by atoms with Gasteiger partial charge in [0.05, 0.1) is 24.6 Å². The largest absolute Gasteiger partial charge is 0.507 e. The zero-order valence-corrected chi connectivity index (χ0v) is 26.5. The molecule has 0 aromatic heterocycles. The van der Waals surface area contributed by atoms with Crippen LogP contribution in [0.1, 0.15) is 27.9 Å². The molecule has 3 fully saturated rings. The number of primary amides is 1. The number of aliphatic hydroxyl groups is 1. The van der Waals surface area contributed by atoms with Crippen LogP contribution in [0.4, 0.5) is 0 Å². The number of carbonyl (C=O) groups is 5. The van der Waals surface area contributed by atoms with Crippen molar-refractivity contribution in [3.63, 3.8) is 0 Å². The molecule has 3 aliphatic carbocycles. The summed E-state index contributed by atoms with van der Waals surface area (Å²) in [4.78, 5) is 73.4. The molecule has 1 heterocycles. The van der Waals surface area contributed by atoms with Crippen molar-refractivity contribution in [2.24, 2.45) is 29.4 Å². The molecule has 2 saturated carbocycles. The average Bonchev–Trinajstić information content (AvgIpc) is 3.00. The van der Waals surface area contributed by atoms with E-state index < -0.39 is 64.4 Å². The Kier molecular flexibility index (Phi) is 8.12. The Bertz CT molecular complexity index is 1650. The number of Topliss-reactive ketones (excluding diaryl/α,β-unsaturated/α-hetero) is 4. The van der Waals surface area contributed by atoms with E-state index >= 15 is 0 Å². The highest BCUT2D eigenvalue weighted by molar-refractivity contribution is 6.32. The number of nitrogens with zero attached hydrogens (tertiary/aromatic N) is 3. The fraction of sp³-hybridized carbons (Fsp3) is 0.500. The minimum absolute atomic E-state index is 0.00371. The standard InChI is InChI=1S/C34H40N4O8/c1-36(2)28-22-15-18-14-21-20(17-5-8-24(46-4)19(13-17)16-38-11-9-37(3)10-12-38)6-7-23(39)26(21)29(40)25(18)31(42)34(22,45)32(43)27(30(28)41)33(35)44/h5-8,13,18,22,25,27-28,39,45H,9-12,14-16H2,1-4H3,(H2,35,44). The molecule has 0 radical (unpaired) electrons. The molecule has 0 spiro atoms. The van der Waals surface area contributed by atoms with E-state index in [0.717, 1.165) is 43.1 Å². The third-order valence-corrected chi connectivity index (χ3v) is 10.5. The van der Waals surface area contributed by atoms with Crippen LogP contribution in [0.5, 0.6) is 11.5 Å². The number of aromatic hydroxyl groups is 1. The van der Waals surface area contributed by atoms with Crippen molar-refractivity contribution in [3.05, 3.63) is 47.0 Å². The van der Waals surface area contributed by atoms with E-state index in [1.54, 1.807) is 27.3 Å². The Morgan fingerprint density at radius 2 is 1.76 bits per heavy atom. The molecule has 12 heteroatoms. The van der Waals surface area contributed by atoms with Gasteiger partial charge in [-0.25, -0.2) is 0 Å². The number of hydrogen-bond acceptors (Lipinski definition) is 11. The molecule has 1 amide bonds. The first-order chi connectivity index (χ1) is 21.8. The number of piperazine rings is 1. The van der Waals surface area contributed by atoms with Gasteiger partial charge in [0.1, 0.15) is 11.5 Å². The molecule has 4 N–H and O–H groups in total. The molecule has 2 aromatic rings. The van der Waals surface area contributed by atoms with Gasteiger partial charge in [0.25, 0.3) is 0 Å². The normalized spacial score (nSPS) is 30.2. The van der Waals surface area contributed by atoms with Gasteiger partial charge in [-0.05, 0) is 74.8 Å². The third kappa shape index (κ3) is 4.86. The Balaban J connectivity index is 1.41. The molecule has 46 heavy (non-hydrogen) atoms. The lowest BCUT2D eigenvalue weighted by Gasteiger charge is -2.52. The van der Waals surface area contributed by atoms with Crippen molar-refractivity contribution in [1.82, 2.24) is 14.7 Å². The number of benzene rings is 2. The van der Waals surface area contributed by atoms with Crippen LogP contribution in [0.15, 0.2) is 30.3 Å². The van der Waals surface area contributed by atoms with Crippen LogP contribution in [-0.4, -0.2) is 120 Å². The number of likely N-dealkylation sites (N-methyl/N-ethyl adjacent to an activating group) is 2. The van der Waals surface area contributed by atoms with Crippen LogP contribution in [0.3, 0.4) is 0 Å². The lowest BCUT2D eigenvalue weighted by Crippen LogP contribution is -2.74. The van der Waals surface area contributed by atoms with Crippen LogP contribution < -0.4 is 10.5 Å². The topological polar surface area (TPSA) is 171 Å². The number of ketones is 4. The summed E-state index contributed by atoms with van der Waals surface area (Å²) in [5, 5.41) is 22.8. The molecule has 6 atom stereocenters. The van der Waals surface area contributed by atoms with E-state index in [9.17, 15) is 34.2 Å². The molecular weight excluding hydrogens is 592 g/mol. The minimum atomic E-state index is -2.75. The van der Waals surface area contributed by atoms with Crippen molar-refractivity contribution in [2.45, 2.75) is 31.0 Å². The van der Waals surface area contributed by atoms with E-state index in [0.29, 0.717) is 17.7 Å². The van der Waals surface area contributed by atoms with Gasteiger partial charge < -0.3 is 25.6 Å². The predicted molar refractivity (Wildman–Crippen MR) is 166 cm³/mol. The van der Waals surface area contributed by atoms with Crippen LogP contribution in [-0.2, 0) is 32.1 Å². The molecule has 244 valence electrons. The highest BCUT2D eigenvalue weighted by Gasteiger charge is 2.69. The van der Waals surface area contributed by atoms with Crippen LogP contribution >= 0.6 is 0 Å². The number of methoxy groups -OCH3 is 1. The van der Waals surface area contributed by atoms with Crippen molar-refractivity contribution in [1.29, 1.82) is 0 Å². The summed E-state index contributed by atoms with van der Waals surface area (Å²) >= 11 is 0. The Labute approximate surface area is 267 Å². The fourth-order valence-corrected chi connectivity index (χ4v) is 8.19. The number of phenols is 1.